The lowest BCUT2D eigenvalue weighted by atomic mass is 9.86. The summed E-state index contributed by atoms with van der Waals surface area (Å²) in [4.78, 5) is 14.9. The molecule has 1 aromatic carbocycles. The fraction of sp³-hybridized carbons (Fsp3) is 0.409. The summed E-state index contributed by atoms with van der Waals surface area (Å²) in [6.07, 6.45) is 7.17. The summed E-state index contributed by atoms with van der Waals surface area (Å²) in [5.41, 5.74) is 3.92. The monoisotopic (exact) mass is 350 g/mol. The number of amides is 1. The molecular weight excluding hydrogens is 324 g/mol. The third kappa shape index (κ3) is 2.69. The largest absolute Gasteiger partial charge is 0.375 e. The number of carbonyl (C=O) groups is 1. The van der Waals surface area contributed by atoms with Crippen LogP contribution in [0.2, 0.25) is 0 Å². The number of nitrogens with zero attached hydrogens (tertiary/aromatic N) is 2. The first-order valence-electron chi connectivity index (χ1n) is 9.47. The number of allylic oxidation sites excluding steroid dienone is 1. The van der Waals surface area contributed by atoms with E-state index in [9.17, 15) is 4.79 Å². The minimum absolute atomic E-state index is 0.100. The van der Waals surface area contributed by atoms with E-state index >= 15 is 0 Å². The highest BCUT2D eigenvalue weighted by atomic mass is 16.5. The molecule has 4 rings (SSSR count). The smallest absolute Gasteiger partial charge is 0.223 e. The first kappa shape index (κ1) is 17.1. The number of carbonyl (C=O) groups excluding carboxylic acids is 1. The van der Waals surface area contributed by atoms with Crippen molar-refractivity contribution in [2.24, 2.45) is 0 Å². The van der Waals surface area contributed by atoms with Gasteiger partial charge in [0.1, 0.15) is 0 Å². The summed E-state index contributed by atoms with van der Waals surface area (Å²) in [5.74, 6) is 0.259. The van der Waals surface area contributed by atoms with Crippen molar-refractivity contribution in [3.63, 3.8) is 0 Å². The maximum absolute atomic E-state index is 12.8. The lowest BCUT2D eigenvalue weighted by molar-refractivity contribution is -0.142. The van der Waals surface area contributed by atoms with Gasteiger partial charge in [-0.2, -0.15) is 0 Å². The zero-order chi connectivity index (χ0) is 18.1. The highest BCUT2D eigenvalue weighted by Gasteiger charge is 2.42. The van der Waals surface area contributed by atoms with Gasteiger partial charge in [-0.3, -0.25) is 4.79 Å². The molecule has 0 radical (unpaired) electrons. The van der Waals surface area contributed by atoms with Crippen LogP contribution in [0.1, 0.15) is 36.6 Å². The quantitative estimate of drug-likeness (QED) is 0.583. The second kappa shape index (κ2) is 7.12. The topological polar surface area (TPSA) is 34.5 Å². The van der Waals surface area contributed by atoms with Crippen molar-refractivity contribution >= 4 is 16.8 Å². The van der Waals surface area contributed by atoms with Crippen molar-refractivity contribution in [3.05, 3.63) is 60.8 Å². The molecule has 1 fully saturated rings. The summed E-state index contributed by atoms with van der Waals surface area (Å²) in [7, 11) is 0. The van der Waals surface area contributed by atoms with Gasteiger partial charge < -0.3 is 14.2 Å². The van der Waals surface area contributed by atoms with E-state index in [1.54, 1.807) is 6.08 Å². The van der Waals surface area contributed by atoms with E-state index in [0.717, 1.165) is 25.8 Å². The van der Waals surface area contributed by atoms with Crippen LogP contribution >= 0.6 is 0 Å². The minimum atomic E-state index is 0.100. The summed E-state index contributed by atoms with van der Waals surface area (Å²) in [6.45, 7) is 9.52. The van der Waals surface area contributed by atoms with Crippen LogP contribution in [0.15, 0.2) is 49.6 Å². The molecule has 0 saturated carbocycles. The molecule has 2 aromatic rings. The lowest BCUT2D eigenvalue weighted by Gasteiger charge is -2.45. The van der Waals surface area contributed by atoms with E-state index in [1.807, 2.05) is 6.08 Å². The lowest BCUT2D eigenvalue weighted by Crippen LogP contribution is -2.51. The normalized spacial score (nSPS) is 22.2. The Kier molecular flexibility index (Phi) is 4.68. The van der Waals surface area contributed by atoms with Gasteiger partial charge in [0.15, 0.2) is 0 Å². The number of para-hydroxylation sites is 1. The van der Waals surface area contributed by atoms with Crippen molar-refractivity contribution in [1.29, 1.82) is 0 Å². The Hall–Kier alpha value is -2.33. The Morgan fingerprint density at radius 1 is 1.23 bits per heavy atom. The van der Waals surface area contributed by atoms with Gasteiger partial charge in [0, 0.05) is 29.6 Å². The van der Waals surface area contributed by atoms with E-state index in [0.29, 0.717) is 19.6 Å². The number of ether oxygens (including phenoxy) is 1. The molecule has 1 saturated heterocycles. The molecule has 136 valence electrons. The number of aromatic nitrogens is 1. The van der Waals surface area contributed by atoms with E-state index in [1.165, 1.54) is 22.2 Å². The predicted octanol–water partition coefficient (Wildman–Crippen LogP) is 4.01. The van der Waals surface area contributed by atoms with Crippen LogP contribution in [-0.2, 0) is 22.5 Å². The molecule has 4 heteroatoms. The molecule has 4 nitrogen and oxygen atoms in total. The van der Waals surface area contributed by atoms with Gasteiger partial charge in [-0.05, 0) is 30.9 Å². The van der Waals surface area contributed by atoms with Gasteiger partial charge in [0.2, 0.25) is 5.91 Å². The van der Waals surface area contributed by atoms with E-state index < -0.39 is 0 Å². The second-order valence-corrected chi connectivity index (χ2v) is 7.17. The van der Waals surface area contributed by atoms with Crippen LogP contribution in [0.3, 0.4) is 0 Å². The number of benzene rings is 1. The molecule has 1 amide bonds. The first-order valence-corrected chi connectivity index (χ1v) is 9.47. The molecule has 0 aliphatic carbocycles. The molecule has 0 N–H and O–H groups in total. The summed E-state index contributed by atoms with van der Waals surface area (Å²) >= 11 is 0. The Balaban J connectivity index is 1.84. The molecule has 0 unspecified atom stereocenters. The number of hydrogen-bond acceptors (Lipinski definition) is 2. The highest BCUT2D eigenvalue weighted by Crippen LogP contribution is 2.44. The van der Waals surface area contributed by atoms with Crippen LogP contribution in [0.25, 0.3) is 10.9 Å². The fourth-order valence-electron chi connectivity index (χ4n) is 4.69. The fourth-order valence-corrected chi connectivity index (χ4v) is 4.69. The van der Waals surface area contributed by atoms with Gasteiger partial charge in [-0.15, -0.1) is 13.2 Å². The molecule has 3 heterocycles. The average molecular weight is 350 g/mol. The minimum Gasteiger partial charge on any atom is -0.375 e. The Morgan fingerprint density at radius 3 is 2.88 bits per heavy atom. The van der Waals surface area contributed by atoms with Gasteiger partial charge in [0.25, 0.3) is 0 Å². The van der Waals surface area contributed by atoms with Crippen molar-refractivity contribution in [2.75, 3.05) is 13.2 Å². The maximum Gasteiger partial charge on any atom is 0.223 e. The molecule has 26 heavy (non-hydrogen) atoms. The number of piperidine rings is 1. The number of hydrogen-bond donors (Lipinski definition) is 0. The van der Waals surface area contributed by atoms with Crippen molar-refractivity contribution < 1.29 is 9.53 Å². The molecular formula is C22H26N2O2. The molecule has 0 spiro atoms. The molecule has 2 aliphatic rings. The third-order valence-corrected chi connectivity index (χ3v) is 5.62. The van der Waals surface area contributed by atoms with Gasteiger partial charge in [-0.1, -0.05) is 30.4 Å². The van der Waals surface area contributed by atoms with Crippen LogP contribution in [-0.4, -0.2) is 34.6 Å². The Labute approximate surface area is 154 Å². The van der Waals surface area contributed by atoms with E-state index in [2.05, 4.69) is 46.9 Å². The van der Waals surface area contributed by atoms with E-state index in [4.69, 9.17) is 4.74 Å². The Bertz CT molecular complexity index is 851. The first-order chi connectivity index (χ1) is 12.8. The SMILES string of the molecule is C=CCOC[C@H]1Cc2c(n(CC=C)c3ccccc23)[C@@H]2CCCC(=O)N12. The molecule has 1 aromatic heterocycles. The number of rotatable bonds is 6. The zero-order valence-corrected chi connectivity index (χ0v) is 15.2. The van der Waals surface area contributed by atoms with Gasteiger partial charge in [-0.25, -0.2) is 0 Å². The van der Waals surface area contributed by atoms with Gasteiger partial charge >= 0.3 is 0 Å². The van der Waals surface area contributed by atoms with Gasteiger partial charge in [0.05, 0.1) is 25.3 Å². The maximum atomic E-state index is 12.8. The number of fused-ring (bicyclic) bond motifs is 5. The van der Waals surface area contributed by atoms with Crippen LogP contribution < -0.4 is 0 Å². The summed E-state index contributed by atoms with van der Waals surface area (Å²) < 4.78 is 8.12. The van der Waals surface area contributed by atoms with Crippen molar-refractivity contribution in [2.45, 2.75) is 44.3 Å². The molecule has 2 aliphatic heterocycles. The molecule has 2 atom stereocenters. The predicted molar refractivity (Wildman–Crippen MR) is 104 cm³/mol. The average Bonchev–Trinajstić information content (AvgIpc) is 2.97. The highest BCUT2D eigenvalue weighted by molar-refractivity contribution is 5.87. The standard InChI is InChI=1S/C22H26N2O2/c1-3-12-23-19-9-6-5-8-17(19)18-14-16(15-26-13-4-2)24-20(22(18)23)10-7-11-21(24)25/h3-6,8-9,16,20H,1-2,7,10-15H2/t16-,20+/m1/s1. The third-order valence-electron chi connectivity index (χ3n) is 5.62. The van der Waals surface area contributed by atoms with Crippen molar-refractivity contribution in [1.82, 2.24) is 9.47 Å². The van der Waals surface area contributed by atoms with Crippen LogP contribution in [0, 0.1) is 0 Å². The van der Waals surface area contributed by atoms with Crippen LogP contribution in [0.5, 0.6) is 0 Å². The second-order valence-electron chi connectivity index (χ2n) is 7.17. The van der Waals surface area contributed by atoms with Crippen LogP contribution in [0.4, 0.5) is 0 Å². The van der Waals surface area contributed by atoms with Crippen molar-refractivity contribution in [3.8, 4) is 0 Å². The summed E-state index contributed by atoms with van der Waals surface area (Å²) in [5, 5.41) is 1.30. The summed E-state index contributed by atoms with van der Waals surface area (Å²) in [6, 6.07) is 8.81. The van der Waals surface area contributed by atoms with E-state index in [-0.39, 0.29) is 18.0 Å². The molecule has 0 bridgehead atoms. The zero-order valence-electron chi connectivity index (χ0n) is 15.2. The Morgan fingerprint density at radius 2 is 2.08 bits per heavy atom.